The van der Waals surface area contributed by atoms with E-state index < -0.39 is 24.1 Å². The summed E-state index contributed by atoms with van der Waals surface area (Å²) in [7, 11) is 1.69. The van der Waals surface area contributed by atoms with Crippen molar-refractivity contribution in [1.82, 2.24) is 10.0 Å². The third-order valence-electron chi connectivity index (χ3n) is 5.60. The van der Waals surface area contributed by atoms with Gasteiger partial charge in [0, 0.05) is 32.1 Å². The van der Waals surface area contributed by atoms with E-state index >= 15 is 0 Å². The molecule has 1 fully saturated rings. The van der Waals surface area contributed by atoms with Crippen LogP contribution in [0.25, 0.3) is 0 Å². The van der Waals surface area contributed by atoms with Crippen LogP contribution in [0.1, 0.15) is 37.2 Å². The number of nitrogens with two attached hydrogens (primary N) is 1. The Morgan fingerprint density at radius 3 is 2.88 bits per heavy atom. The molecule has 0 radical (unpaired) electrons. The fourth-order valence-electron chi connectivity index (χ4n) is 4.29. The van der Waals surface area contributed by atoms with Gasteiger partial charge < -0.3 is 11.1 Å². The summed E-state index contributed by atoms with van der Waals surface area (Å²) in [6.07, 6.45) is 0.0983. The van der Waals surface area contributed by atoms with E-state index in [4.69, 9.17) is 5.73 Å². The van der Waals surface area contributed by atoms with Gasteiger partial charge >= 0.3 is 0 Å². The van der Waals surface area contributed by atoms with Gasteiger partial charge in [0.25, 0.3) is 11.8 Å². The maximum absolute atomic E-state index is 13.8. The molecule has 26 heavy (non-hydrogen) atoms. The zero-order valence-electron chi connectivity index (χ0n) is 14.4. The molecular formula is C18H21F3N4O. The Morgan fingerprint density at radius 2 is 2.12 bits per heavy atom. The Balaban J connectivity index is 1.68. The number of carbonyl (C=O) groups excluding carboxylic acids is 1. The maximum Gasteiger partial charge on any atom is 0.252 e. The highest BCUT2D eigenvalue weighted by Gasteiger charge is 2.48. The first-order chi connectivity index (χ1) is 12.3. The SMILES string of the molecule is CN1C2CCC(F)(F)CC2=C(N)N1C(=O)C1CCNc2ccc(F)cc21. The van der Waals surface area contributed by atoms with Gasteiger partial charge in [0.2, 0.25) is 0 Å². The fraction of sp³-hybridized carbons (Fsp3) is 0.500. The van der Waals surface area contributed by atoms with E-state index in [1.165, 1.54) is 17.1 Å². The Morgan fingerprint density at radius 1 is 1.35 bits per heavy atom. The molecule has 0 saturated heterocycles. The number of benzene rings is 1. The van der Waals surface area contributed by atoms with Crippen molar-refractivity contribution in [3.8, 4) is 0 Å². The van der Waals surface area contributed by atoms with Crippen LogP contribution in [0.15, 0.2) is 29.6 Å². The van der Waals surface area contributed by atoms with E-state index in [-0.39, 0.29) is 30.6 Å². The van der Waals surface area contributed by atoms with Crippen molar-refractivity contribution in [2.24, 2.45) is 5.73 Å². The van der Waals surface area contributed by atoms with Crippen molar-refractivity contribution in [2.75, 3.05) is 18.9 Å². The highest BCUT2D eigenvalue weighted by molar-refractivity contribution is 5.87. The molecule has 1 aliphatic carbocycles. The predicted molar refractivity (Wildman–Crippen MR) is 90.7 cm³/mol. The van der Waals surface area contributed by atoms with Crippen LogP contribution in [0, 0.1) is 5.82 Å². The summed E-state index contributed by atoms with van der Waals surface area (Å²) in [5.74, 6) is -3.98. The summed E-state index contributed by atoms with van der Waals surface area (Å²) in [4.78, 5) is 13.2. The molecule has 3 N–H and O–H groups in total. The molecule has 140 valence electrons. The van der Waals surface area contributed by atoms with Gasteiger partial charge in [-0.3, -0.25) is 4.79 Å². The Labute approximate surface area is 149 Å². The van der Waals surface area contributed by atoms with E-state index in [1.54, 1.807) is 18.1 Å². The second-order valence-electron chi connectivity index (χ2n) is 7.22. The number of carbonyl (C=O) groups is 1. The van der Waals surface area contributed by atoms with Crippen molar-refractivity contribution in [3.63, 3.8) is 0 Å². The van der Waals surface area contributed by atoms with E-state index in [0.717, 1.165) is 0 Å². The summed E-state index contributed by atoms with van der Waals surface area (Å²) >= 11 is 0. The average molecular weight is 366 g/mol. The van der Waals surface area contributed by atoms with E-state index in [9.17, 15) is 18.0 Å². The van der Waals surface area contributed by atoms with Crippen LogP contribution in [-0.2, 0) is 4.79 Å². The Bertz CT molecular complexity index is 795. The summed E-state index contributed by atoms with van der Waals surface area (Å²) in [6.45, 7) is 0.574. The zero-order valence-corrected chi connectivity index (χ0v) is 14.4. The molecule has 8 heteroatoms. The number of rotatable bonds is 1. The number of alkyl halides is 2. The first kappa shape index (κ1) is 17.2. The van der Waals surface area contributed by atoms with Crippen LogP contribution in [0.3, 0.4) is 0 Å². The van der Waals surface area contributed by atoms with Crippen LogP contribution >= 0.6 is 0 Å². The van der Waals surface area contributed by atoms with Crippen LogP contribution in [0.5, 0.6) is 0 Å². The fourth-order valence-corrected chi connectivity index (χ4v) is 4.29. The van der Waals surface area contributed by atoms with Gasteiger partial charge in [-0.15, -0.1) is 0 Å². The van der Waals surface area contributed by atoms with Gasteiger partial charge in [-0.1, -0.05) is 0 Å². The smallest absolute Gasteiger partial charge is 0.252 e. The maximum atomic E-state index is 13.8. The van der Waals surface area contributed by atoms with E-state index in [1.807, 2.05) is 0 Å². The lowest BCUT2D eigenvalue weighted by Gasteiger charge is -2.35. The van der Waals surface area contributed by atoms with Gasteiger partial charge in [0.15, 0.2) is 0 Å². The van der Waals surface area contributed by atoms with Crippen molar-refractivity contribution >= 4 is 11.6 Å². The van der Waals surface area contributed by atoms with E-state index in [0.29, 0.717) is 29.8 Å². The molecule has 4 rings (SSSR count). The van der Waals surface area contributed by atoms with Crippen molar-refractivity contribution in [2.45, 2.75) is 43.6 Å². The van der Waals surface area contributed by atoms with Crippen LogP contribution < -0.4 is 11.1 Å². The lowest BCUT2D eigenvalue weighted by Crippen LogP contribution is -2.48. The van der Waals surface area contributed by atoms with Gasteiger partial charge in [0.1, 0.15) is 11.6 Å². The molecule has 0 spiro atoms. The minimum absolute atomic E-state index is 0.0957. The largest absolute Gasteiger partial charge is 0.385 e. The van der Waals surface area contributed by atoms with Crippen molar-refractivity contribution in [1.29, 1.82) is 0 Å². The van der Waals surface area contributed by atoms with Crippen molar-refractivity contribution < 1.29 is 18.0 Å². The number of likely N-dealkylation sites (N-methyl/N-ethyl adjacent to an activating group) is 1. The second-order valence-corrected chi connectivity index (χ2v) is 7.22. The summed E-state index contributed by atoms with van der Waals surface area (Å²) in [5, 5.41) is 6.12. The number of hydrazine groups is 1. The molecule has 5 nitrogen and oxygen atoms in total. The minimum atomic E-state index is -2.79. The Hall–Kier alpha value is -2.22. The van der Waals surface area contributed by atoms with Crippen LogP contribution in [0.2, 0.25) is 0 Å². The number of anilines is 1. The summed E-state index contributed by atoms with van der Waals surface area (Å²) in [6, 6.07) is 4.02. The topological polar surface area (TPSA) is 61.6 Å². The quantitative estimate of drug-likeness (QED) is 0.802. The van der Waals surface area contributed by atoms with Crippen LogP contribution in [-0.4, -0.2) is 41.5 Å². The third kappa shape index (κ3) is 2.63. The monoisotopic (exact) mass is 366 g/mol. The van der Waals surface area contributed by atoms with E-state index in [2.05, 4.69) is 5.32 Å². The number of nitrogens with zero attached hydrogens (tertiary/aromatic N) is 2. The number of hydrogen-bond acceptors (Lipinski definition) is 4. The molecule has 1 amide bonds. The number of amides is 1. The standard InChI is InChI=1S/C18H21F3N4O/c1-24-15-4-6-18(20,21)9-13(15)16(22)25(24)17(26)11-5-7-23-14-3-2-10(19)8-12(11)14/h2-3,8,11,15,23H,4-7,9,22H2,1H3. The van der Waals surface area contributed by atoms with Gasteiger partial charge in [-0.25, -0.2) is 23.2 Å². The molecule has 1 aromatic rings. The molecule has 1 saturated carbocycles. The Kier molecular flexibility index (Phi) is 3.91. The lowest BCUT2D eigenvalue weighted by molar-refractivity contribution is -0.144. The molecule has 2 atom stereocenters. The van der Waals surface area contributed by atoms with Crippen molar-refractivity contribution in [3.05, 3.63) is 41.0 Å². The molecule has 1 aromatic carbocycles. The predicted octanol–water partition coefficient (Wildman–Crippen LogP) is 2.77. The second kappa shape index (κ2) is 5.90. The van der Waals surface area contributed by atoms with Gasteiger partial charge in [-0.05, 0) is 42.2 Å². The molecule has 3 aliphatic rings. The highest BCUT2D eigenvalue weighted by atomic mass is 19.3. The number of fused-ring (bicyclic) bond motifs is 2. The van der Waals surface area contributed by atoms with Gasteiger partial charge in [-0.2, -0.15) is 0 Å². The third-order valence-corrected chi connectivity index (χ3v) is 5.60. The summed E-state index contributed by atoms with van der Waals surface area (Å²) < 4.78 is 41.3. The van der Waals surface area contributed by atoms with Gasteiger partial charge in [0.05, 0.1) is 12.0 Å². The first-order valence-electron chi connectivity index (χ1n) is 8.75. The van der Waals surface area contributed by atoms with Crippen LogP contribution in [0.4, 0.5) is 18.9 Å². The molecule has 2 unspecified atom stereocenters. The normalized spacial score (nSPS) is 27.8. The molecule has 2 aliphatic heterocycles. The molecule has 0 bridgehead atoms. The highest BCUT2D eigenvalue weighted by Crippen LogP contribution is 2.44. The number of halogens is 3. The lowest BCUT2D eigenvalue weighted by atomic mass is 9.88. The summed E-state index contributed by atoms with van der Waals surface area (Å²) in [5.41, 5.74) is 7.84. The zero-order chi connectivity index (χ0) is 18.6. The molecular weight excluding hydrogens is 345 g/mol. The minimum Gasteiger partial charge on any atom is -0.385 e. The molecule has 0 aromatic heterocycles. The number of nitrogens with one attached hydrogen (secondary N) is 1. The number of hydrogen-bond donors (Lipinski definition) is 2. The molecule has 2 heterocycles. The first-order valence-corrected chi connectivity index (χ1v) is 8.75. The average Bonchev–Trinajstić information content (AvgIpc) is 2.83.